The van der Waals surface area contributed by atoms with Gasteiger partial charge >= 0.3 is 0 Å². The molecular formula is C34H22. The molecule has 0 saturated carbocycles. The van der Waals surface area contributed by atoms with Crippen molar-refractivity contribution in [1.29, 1.82) is 0 Å². The molecule has 0 radical (unpaired) electrons. The molecule has 0 heterocycles. The van der Waals surface area contributed by atoms with E-state index in [1.54, 1.807) is 0 Å². The van der Waals surface area contributed by atoms with Crippen LogP contribution in [0.2, 0.25) is 0 Å². The van der Waals surface area contributed by atoms with Gasteiger partial charge < -0.3 is 0 Å². The molecule has 7 aromatic carbocycles. The van der Waals surface area contributed by atoms with Gasteiger partial charge in [-0.15, -0.1) is 0 Å². The van der Waals surface area contributed by atoms with Crippen molar-refractivity contribution in [2.75, 3.05) is 0 Å². The maximum absolute atomic E-state index is 2.33. The van der Waals surface area contributed by atoms with Gasteiger partial charge in [0, 0.05) is 0 Å². The van der Waals surface area contributed by atoms with E-state index < -0.39 is 0 Å². The van der Waals surface area contributed by atoms with E-state index >= 15 is 0 Å². The van der Waals surface area contributed by atoms with E-state index in [0.717, 1.165) is 0 Å². The van der Waals surface area contributed by atoms with Crippen molar-refractivity contribution in [1.82, 2.24) is 0 Å². The summed E-state index contributed by atoms with van der Waals surface area (Å²) >= 11 is 0. The normalized spacial score (nSPS) is 12.0. The first kappa shape index (κ1) is 19.1. The standard InChI is InChI=1S/C34H22/c1-3-7-30-25(5-1)15-16-27-13-11-23(21-32(27)30)9-10-24-12-14-28-18-20-29-19-17-26-6-2-4-8-31(26)34(29)33(28)22-24/h1-22H/b10-9-. The third-order valence-corrected chi connectivity index (χ3v) is 6.99. The highest BCUT2D eigenvalue weighted by Gasteiger charge is 2.06. The lowest BCUT2D eigenvalue weighted by Gasteiger charge is -2.09. The Bertz CT molecular complexity index is 1900. The summed E-state index contributed by atoms with van der Waals surface area (Å²) in [5, 5.41) is 13.0. The Morgan fingerprint density at radius 2 is 0.765 bits per heavy atom. The molecule has 0 fully saturated rings. The van der Waals surface area contributed by atoms with Crippen molar-refractivity contribution in [3.8, 4) is 0 Å². The van der Waals surface area contributed by atoms with Crippen LogP contribution >= 0.6 is 0 Å². The molecule has 0 saturated heterocycles. The largest absolute Gasteiger partial charge is 0.0616 e. The van der Waals surface area contributed by atoms with Gasteiger partial charge in [0.25, 0.3) is 0 Å². The lowest BCUT2D eigenvalue weighted by molar-refractivity contribution is 1.71. The van der Waals surface area contributed by atoms with E-state index in [9.17, 15) is 0 Å². The van der Waals surface area contributed by atoms with E-state index in [1.807, 2.05) is 0 Å². The summed E-state index contributed by atoms with van der Waals surface area (Å²) in [6.45, 7) is 0. The summed E-state index contributed by atoms with van der Waals surface area (Å²) in [6, 6.07) is 44.1. The molecule has 0 heteroatoms. The Morgan fingerprint density at radius 1 is 0.324 bits per heavy atom. The summed E-state index contributed by atoms with van der Waals surface area (Å²) in [4.78, 5) is 0. The second-order valence-electron chi connectivity index (χ2n) is 9.03. The van der Waals surface area contributed by atoms with Gasteiger partial charge in [0.15, 0.2) is 0 Å². The fraction of sp³-hybridized carbons (Fsp3) is 0. The molecule has 0 nitrogen and oxygen atoms in total. The third-order valence-electron chi connectivity index (χ3n) is 6.99. The molecule has 7 rings (SSSR count). The highest BCUT2D eigenvalue weighted by molar-refractivity contribution is 6.20. The number of hydrogen-bond donors (Lipinski definition) is 0. The first-order valence-electron chi connectivity index (χ1n) is 11.8. The average molecular weight is 431 g/mol. The van der Waals surface area contributed by atoms with Crippen LogP contribution < -0.4 is 0 Å². The molecule has 158 valence electrons. The van der Waals surface area contributed by atoms with Crippen molar-refractivity contribution in [3.63, 3.8) is 0 Å². The molecule has 0 spiro atoms. The van der Waals surface area contributed by atoms with Crippen molar-refractivity contribution < 1.29 is 0 Å². The van der Waals surface area contributed by atoms with Gasteiger partial charge in [0.05, 0.1) is 0 Å². The Balaban J connectivity index is 1.37. The summed E-state index contributed by atoms with van der Waals surface area (Å²) in [6.07, 6.45) is 4.46. The second-order valence-corrected chi connectivity index (χ2v) is 9.03. The number of fused-ring (bicyclic) bond motifs is 8. The van der Waals surface area contributed by atoms with Gasteiger partial charge in [-0.25, -0.2) is 0 Å². The predicted octanol–water partition coefficient (Wildman–Crippen LogP) is 9.62. The minimum Gasteiger partial charge on any atom is -0.0616 e. The number of benzene rings is 7. The van der Waals surface area contributed by atoms with E-state index in [0.29, 0.717) is 0 Å². The Morgan fingerprint density at radius 3 is 1.44 bits per heavy atom. The van der Waals surface area contributed by atoms with Crippen LogP contribution in [-0.2, 0) is 0 Å². The molecule has 0 aromatic heterocycles. The average Bonchev–Trinajstić information content (AvgIpc) is 2.91. The van der Waals surface area contributed by atoms with Crippen molar-refractivity contribution >= 4 is 66.0 Å². The fourth-order valence-corrected chi connectivity index (χ4v) is 5.26. The highest BCUT2D eigenvalue weighted by Crippen LogP contribution is 2.33. The quantitative estimate of drug-likeness (QED) is 0.189. The van der Waals surface area contributed by atoms with Crippen molar-refractivity contribution in [2.24, 2.45) is 0 Å². The Hall–Kier alpha value is -4.42. The lowest BCUT2D eigenvalue weighted by Crippen LogP contribution is -1.83. The Labute approximate surface area is 198 Å². The number of hydrogen-bond acceptors (Lipinski definition) is 0. The van der Waals surface area contributed by atoms with E-state index in [1.165, 1.54) is 65.0 Å². The molecule has 0 N–H and O–H groups in total. The molecule has 0 aliphatic heterocycles. The SMILES string of the molecule is C(=C/c1ccc2ccc3ccc4ccccc4c3c2c1)/c1ccc2ccc3ccccc3c2c1. The van der Waals surface area contributed by atoms with Crippen LogP contribution in [0.4, 0.5) is 0 Å². The van der Waals surface area contributed by atoms with E-state index in [4.69, 9.17) is 0 Å². The molecule has 7 aromatic rings. The summed E-state index contributed by atoms with van der Waals surface area (Å²) in [5.74, 6) is 0. The van der Waals surface area contributed by atoms with Crippen molar-refractivity contribution in [3.05, 3.63) is 132 Å². The summed E-state index contributed by atoms with van der Waals surface area (Å²) in [7, 11) is 0. The molecule has 34 heavy (non-hydrogen) atoms. The van der Waals surface area contributed by atoms with Crippen molar-refractivity contribution in [2.45, 2.75) is 0 Å². The van der Waals surface area contributed by atoms with Crippen LogP contribution in [0.1, 0.15) is 11.1 Å². The zero-order valence-corrected chi connectivity index (χ0v) is 18.7. The summed E-state index contributed by atoms with van der Waals surface area (Å²) < 4.78 is 0. The highest BCUT2D eigenvalue weighted by atomic mass is 14.1. The minimum absolute atomic E-state index is 1.21. The monoisotopic (exact) mass is 430 g/mol. The van der Waals surface area contributed by atoms with Gasteiger partial charge in [-0.1, -0.05) is 121 Å². The zero-order chi connectivity index (χ0) is 22.5. The zero-order valence-electron chi connectivity index (χ0n) is 18.7. The smallest absolute Gasteiger partial charge is 0.00266 e. The van der Waals surface area contributed by atoms with Crippen LogP contribution in [0.3, 0.4) is 0 Å². The molecule has 0 atom stereocenters. The van der Waals surface area contributed by atoms with Gasteiger partial charge in [-0.3, -0.25) is 0 Å². The van der Waals surface area contributed by atoms with Crippen LogP contribution in [0.25, 0.3) is 66.0 Å². The topological polar surface area (TPSA) is 0 Å². The predicted molar refractivity (Wildman–Crippen MR) is 149 cm³/mol. The van der Waals surface area contributed by atoms with Crippen LogP contribution in [-0.4, -0.2) is 0 Å². The van der Waals surface area contributed by atoms with E-state index in [2.05, 4.69) is 133 Å². The molecule has 0 amide bonds. The maximum atomic E-state index is 2.33. The van der Waals surface area contributed by atoms with Gasteiger partial charge in [0.1, 0.15) is 0 Å². The lowest BCUT2D eigenvalue weighted by atomic mass is 9.95. The molecule has 0 bridgehead atoms. The van der Waals surface area contributed by atoms with Gasteiger partial charge in [-0.2, -0.15) is 0 Å². The molecule has 0 aliphatic rings. The fourth-order valence-electron chi connectivity index (χ4n) is 5.26. The van der Waals surface area contributed by atoms with Gasteiger partial charge in [0.2, 0.25) is 0 Å². The number of rotatable bonds is 2. The first-order valence-corrected chi connectivity index (χ1v) is 11.8. The summed E-state index contributed by atoms with van der Waals surface area (Å²) in [5.41, 5.74) is 2.43. The Kier molecular flexibility index (Phi) is 4.25. The minimum atomic E-state index is 1.21. The van der Waals surface area contributed by atoms with Crippen LogP contribution in [0.5, 0.6) is 0 Å². The van der Waals surface area contributed by atoms with Crippen LogP contribution in [0, 0.1) is 0 Å². The molecule has 0 aliphatic carbocycles. The van der Waals surface area contributed by atoms with Gasteiger partial charge in [-0.05, 0) is 77.1 Å². The molecular weight excluding hydrogens is 408 g/mol. The second kappa shape index (κ2) is 7.57. The maximum Gasteiger partial charge on any atom is -0.00266 e. The third kappa shape index (κ3) is 3.08. The van der Waals surface area contributed by atoms with E-state index in [-0.39, 0.29) is 0 Å². The molecule has 0 unspecified atom stereocenters. The van der Waals surface area contributed by atoms with Crippen LogP contribution in [0.15, 0.2) is 121 Å². The first-order chi connectivity index (χ1) is 16.8.